The Morgan fingerprint density at radius 2 is 2.00 bits per heavy atom. The Kier molecular flexibility index (Phi) is 4.59. The maximum Gasteiger partial charge on any atom is 0.141 e. The van der Waals surface area contributed by atoms with E-state index in [1.54, 1.807) is 4.88 Å². The molecule has 0 bridgehead atoms. The van der Waals surface area contributed by atoms with Crippen molar-refractivity contribution >= 4 is 27.4 Å². The number of hydrogen-bond donors (Lipinski definition) is 1. The van der Waals surface area contributed by atoms with Crippen LogP contribution in [0.1, 0.15) is 60.7 Å². The van der Waals surface area contributed by atoms with Gasteiger partial charge in [-0.05, 0) is 56.9 Å². The number of ether oxygens (including phenoxy) is 1. The van der Waals surface area contributed by atoms with Crippen molar-refractivity contribution in [2.24, 2.45) is 0 Å². The second kappa shape index (κ2) is 7.06. The van der Waals surface area contributed by atoms with Crippen LogP contribution in [-0.2, 0) is 17.6 Å². The van der Waals surface area contributed by atoms with Crippen LogP contribution in [0.3, 0.4) is 0 Å². The summed E-state index contributed by atoms with van der Waals surface area (Å²) >= 11 is 1.91. The van der Waals surface area contributed by atoms with E-state index in [1.165, 1.54) is 54.3 Å². The Morgan fingerprint density at radius 3 is 2.85 bits per heavy atom. The summed E-state index contributed by atoms with van der Waals surface area (Å²) in [5.41, 5.74) is 1.52. The van der Waals surface area contributed by atoms with Gasteiger partial charge in [0.2, 0.25) is 0 Å². The molecule has 5 nitrogen and oxygen atoms in total. The fourth-order valence-corrected chi connectivity index (χ4v) is 5.66. The van der Waals surface area contributed by atoms with Crippen LogP contribution in [0.5, 0.6) is 0 Å². The summed E-state index contributed by atoms with van der Waals surface area (Å²) in [5, 5.41) is 10.4. The van der Waals surface area contributed by atoms with Crippen molar-refractivity contribution in [2.75, 3.05) is 31.2 Å². The molecule has 0 radical (unpaired) electrons. The average molecular weight is 374 g/mol. The number of piperidine rings is 1. The molecule has 140 valence electrons. The number of fused-ring (bicyclic) bond motifs is 3. The minimum atomic E-state index is 0.0954. The Morgan fingerprint density at radius 1 is 1.12 bits per heavy atom. The fourth-order valence-electron chi connectivity index (χ4n) is 4.39. The third kappa shape index (κ3) is 3.12. The number of rotatable bonds is 5. The van der Waals surface area contributed by atoms with Gasteiger partial charge < -0.3 is 14.7 Å². The Labute approximate surface area is 158 Å². The number of aliphatic hydroxyl groups excluding tert-OH is 1. The first-order chi connectivity index (χ1) is 12.8. The average Bonchev–Trinajstić information content (AvgIpc) is 3.46. The molecule has 3 heterocycles. The lowest BCUT2D eigenvalue weighted by atomic mass is 9.96. The molecule has 2 aliphatic carbocycles. The Bertz CT molecular complexity index is 802. The highest BCUT2D eigenvalue weighted by Gasteiger charge is 2.32. The van der Waals surface area contributed by atoms with E-state index < -0.39 is 0 Å². The molecule has 3 aliphatic rings. The van der Waals surface area contributed by atoms with Gasteiger partial charge in [-0.1, -0.05) is 0 Å². The van der Waals surface area contributed by atoms with Crippen molar-refractivity contribution in [3.8, 4) is 0 Å². The number of nitrogens with zero attached hydrogens (tertiary/aromatic N) is 3. The summed E-state index contributed by atoms with van der Waals surface area (Å²) in [6.45, 7) is 2.44. The van der Waals surface area contributed by atoms with Crippen LogP contribution in [0.2, 0.25) is 0 Å². The maximum atomic E-state index is 9.07. The van der Waals surface area contributed by atoms with Crippen LogP contribution < -0.4 is 4.90 Å². The predicted octanol–water partition coefficient (Wildman–Crippen LogP) is 3.43. The van der Waals surface area contributed by atoms with Crippen LogP contribution in [0.4, 0.5) is 5.82 Å². The van der Waals surface area contributed by atoms with Crippen LogP contribution in [0.15, 0.2) is 0 Å². The van der Waals surface area contributed by atoms with Crippen LogP contribution in [0.25, 0.3) is 10.2 Å². The van der Waals surface area contributed by atoms with Crippen LogP contribution in [-0.4, -0.2) is 47.5 Å². The van der Waals surface area contributed by atoms with Crippen molar-refractivity contribution in [2.45, 2.75) is 63.4 Å². The zero-order valence-electron chi connectivity index (χ0n) is 15.2. The molecule has 6 heteroatoms. The largest absolute Gasteiger partial charge is 0.394 e. The molecule has 2 fully saturated rings. The first kappa shape index (κ1) is 16.9. The molecule has 1 saturated carbocycles. The molecule has 5 rings (SSSR count). The normalized spacial score (nSPS) is 23.4. The minimum absolute atomic E-state index is 0.0954. The topological polar surface area (TPSA) is 58.5 Å². The van der Waals surface area contributed by atoms with E-state index in [-0.39, 0.29) is 12.7 Å². The highest BCUT2D eigenvalue weighted by Crippen LogP contribution is 2.44. The Balaban J connectivity index is 1.55. The summed E-state index contributed by atoms with van der Waals surface area (Å²) in [5.74, 6) is 2.79. The first-order valence-electron chi connectivity index (χ1n) is 10.1. The van der Waals surface area contributed by atoms with Gasteiger partial charge in [0.05, 0.1) is 24.7 Å². The molecule has 0 spiro atoms. The van der Waals surface area contributed by atoms with E-state index in [4.69, 9.17) is 19.8 Å². The molecule has 1 N–H and O–H groups in total. The van der Waals surface area contributed by atoms with Crippen molar-refractivity contribution in [1.29, 1.82) is 0 Å². The summed E-state index contributed by atoms with van der Waals surface area (Å²) in [6.07, 6.45) is 9.82. The Hall–Kier alpha value is -1.24. The molecule has 2 aromatic heterocycles. The molecule has 0 aromatic carbocycles. The van der Waals surface area contributed by atoms with Gasteiger partial charge in [0.1, 0.15) is 16.5 Å². The lowest BCUT2D eigenvalue weighted by molar-refractivity contribution is 0.0214. The number of thiophene rings is 1. The summed E-state index contributed by atoms with van der Waals surface area (Å²) in [7, 11) is 0. The molecule has 1 unspecified atom stereocenters. The zero-order chi connectivity index (χ0) is 17.5. The van der Waals surface area contributed by atoms with Gasteiger partial charge in [0.25, 0.3) is 0 Å². The van der Waals surface area contributed by atoms with Gasteiger partial charge in [0, 0.05) is 23.9 Å². The van der Waals surface area contributed by atoms with E-state index in [0.717, 1.165) is 37.6 Å². The standard InChI is InChI=1S/C20H27N3O2S/c24-10-11-25-14-4-3-9-23(12-14)19-17-15-5-1-2-6-16(15)26-20(17)22-18(21-19)13-7-8-13/h13-14,24H,1-12H2. The second-order valence-corrected chi connectivity index (χ2v) is 8.96. The number of anilines is 1. The van der Waals surface area contributed by atoms with E-state index in [0.29, 0.717) is 12.5 Å². The van der Waals surface area contributed by atoms with Gasteiger partial charge in [-0.2, -0.15) is 0 Å². The van der Waals surface area contributed by atoms with Crippen molar-refractivity contribution in [3.63, 3.8) is 0 Å². The van der Waals surface area contributed by atoms with Gasteiger partial charge in [-0.25, -0.2) is 9.97 Å². The smallest absolute Gasteiger partial charge is 0.141 e. The highest BCUT2D eigenvalue weighted by molar-refractivity contribution is 7.19. The van der Waals surface area contributed by atoms with Crippen molar-refractivity contribution in [3.05, 3.63) is 16.3 Å². The van der Waals surface area contributed by atoms with E-state index >= 15 is 0 Å². The summed E-state index contributed by atoms with van der Waals surface area (Å²) < 4.78 is 5.85. The lowest BCUT2D eigenvalue weighted by Gasteiger charge is -2.34. The van der Waals surface area contributed by atoms with Crippen molar-refractivity contribution < 1.29 is 9.84 Å². The third-order valence-electron chi connectivity index (χ3n) is 5.88. The molecule has 0 amide bonds. The number of aliphatic hydroxyl groups is 1. The second-order valence-electron chi connectivity index (χ2n) is 7.88. The van der Waals surface area contributed by atoms with Crippen LogP contribution in [0, 0.1) is 0 Å². The first-order valence-corrected chi connectivity index (χ1v) is 10.9. The number of hydrogen-bond acceptors (Lipinski definition) is 6. The van der Waals surface area contributed by atoms with Gasteiger partial charge in [-0.3, -0.25) is 0 Å². The van der Waals surface area contributed by atoms with Gasteiger partial charge >= 0.3 is 0 Å². The summed E-state index contributed by atoms with van der Waals surface area (Å²) in [6, 6.07) is 0. The van der Waals surface area contributed by atoms with E-state index in [2.05, 4.69) is 4.90 Å². The van der Waals surface area contributed by atoms with E-state index in [9.17, 15) is 0 Å². The van der Waals surface area contributed by atoms with E-state index in [1.807, 2.05) is 11.3 Å². The van der Waals surface area contributed by atoms with Gasteiger partial charge in [-0.15, -0.1) is 11.3 Å². The molecule has 1 aliphatic heterocycles. The monoisotopic (exact) mass is 373 g/mol. The molecular weight excluding hydrogens is 346 g/mol. The SMILES string of the molecule is OCCOC1CCCN(c2nc(C3CC3)nc3sc4c(c23)CCCC4)C1. The predicted molar refractivity (Wildman–Crippen MR) is 104 cm³/mol. The third-order valence-corrected chi connectivity index (χ3v) is 7.06. The summed E-state index contributed by atoms with van der Waals surface area (Å²) in [4.78, 5) is 15.3. The van der Waals surface area contributed by atoms with Gasteiger partial charge in [0.15, 0.2) is 0 Å². The minimum Gasteiger partial charge on any atom is -0.394 e. The zero-order valence-corrected chi connectivity index (χ0v) is 16.1. The molecule has 2 aromatic rings. The molecule has 1 saturated heterocycles. The fraction of sp³-hybridized carbons (Fsp3) is 0.700. The number of aromatic nitrogens is 2. The molecule has 1 atom stereocenters. The number of aryl methyl sites for hydroxylation is 2. The molecular formula is C20H27N3O2S. The van der Waals surface area contributed by atoms with Crippen LogP contribution >= 0.6 is 11.3 Å². The van der Waals surface area contributed by atoms with Crippen molar-refractivity contribution in [1.82, 2.24) is 9.97 Å². The quantitative estimate of drug-likeness (QED) is 0.870. The highest BCUT2D eigenvalue weighted by atomic mass is 32.1. The lowest BCUT2D eigenvalue weighted by Crippen LogP contribution is -2.40. The molecule has 26 heavy (non-hydrogen) atoms. The maximum absolute atomic E-state index is 9.07.